The summed E-state index contributed by atoms with van der Waals surface area (Å²) >= 11 is 0. The Balaban J connectivity index is 7.69. The number of carbonyl (C=O) groups excluding carboxylic acids is 16. The molecule has 26 atom stereocenters. The summed E-state index contributed by atoms with van der Waals surface area (Å²) in [5.41, 5.74) is 29.6. The topological polar surface area (TPSA) is 782 Å². The van der Waals surface area contributed by atoms with Crippen molar-refractivity contribution in [2.24, 2.45) is 81.9 Å². The lowest BCUT2D eigenvalue weighted by molar-refractivity contribution is -0.144. The summed E-state index contributed by atoms with van der Waals surface area (Å²) in [4.78, 5) is 294. The average molecular weight is 2070 g/mol. The molecule has 0 aromatic rings. The van der Waals surface area contributed by atoms with Crippen molar-refractivity contribution in [3.63, 3.8) is 0 Å². The lowest BCUT2D eigenvalue weighted by Gasteiger charge is -2.32. The lowest BCUT2D eigenvalue weighted by Crippen LogP contribution is -2.63. The highest BCUT2D eigenvalue weighted by Crippen LogP contribution is 2.23. The summed E-state index contributed by atoms with van der Waals surface area (Å²) in [6.07, 6.45) is -0.333. The van der Waals surface area contributed by atoms with Gasteiger partial charge in [0.25, 0.3) is 0 Å². The molecule has 31 N–H and O–H groups in total. The second kappa shape index (κ2) is 72.1. The number of amides is 16. The monoisotopic (exact) mass is 2060 g/mol. The summed E-state index contributed by atoms with van der Waals surface area (Å²) < 4.78 is 0. The molecular weight excluding hydrogens is 1890 g/mol. The summed E-state index contributed by atoms with van der Waals surface area (Å²) in [5, 5.41) is 91.5. The van der Waals surface area contributed by atoms with Crippen LogP contribution in [0, 0.1) is 53.3 Å². The number of hydrogen-bond acceptors (Lipinski definition) is 26. The molecule has 0 saturated carbocycles. The first-order valence-electron chi connectivity index (χ1n) is 51.8. The van der Waals surface area contributed by atoms with E-state index < -0.39 is 319 Å². The van der Waals surface area contributed by atoms with E-state index in [2.05, 4.69) is 85.1 Å². The maximum atomic E-state index is 15.0. The number of nitrogens with two attached hydrogens (primary N) is 5. The summed E-state index contributed by atoms with van der Waals surface area (Å²) in [6, 6.07) is -25.3. The predicted octanol–water partition coefficient (Wildman–Crippen LogP) is 0.545. The molecule has 0 aromatic heterocycles. The second-order valence-electron chi connectivity index (χ2n) is 38.6. The van der Waals surface area contributed by atoms with Crippen LogP contribution in [0.4, 0.5) is 0 Å². The average Bonchev–Trinajstić information content (AvgIpc) is 0.837. The Morgan fingerprint density at radius 2 is 0.324 bits per heavy atom. The Morgan fingerprint density at radius 1 is 0.186 bits per heavy atom. The van der Waals surface area contributed by atoms with Gasteiger partial charge in [-0.15, -0.1) is 0 Å². The fourth-order valence-electron chi connectivity index (χ4n) is 15.4. The highest BCUT2D eigenvalue weighted by atomic mass is 16.4. The molecular formula is C98H177N21O26. The molecule has 0 aliphatic carbocycles. The molecule has 830 valence electrons. The molecule has 0 aromatic carbocycles. The van der Waals surface area contributed by atoms with Crippen molar-refractivity contribution in [1.82, 2.24) is 85.1 Å². The zero-order chi connectivity index (χ0) is 111. The van der Waals surface area contributed by atoms with Crippen molar-refractivity contribution in [1.29, 1.82) is 0 Å². The van der Waals surface area contributed by atoms with E-state index in [0.717, 1.165) is 0 Å². The zero-order valence-electron chi connectivity index (χ0n) is 88.5. The van der Waals surface area contributed by atoms with E-state index in [1.165, 1.54) is 0 Å². The summed E-state index contributed by atoms with van der Waals surface area (Å²) in [6.45, 7) is 30.6. The molecule has 0 aliphatic heterocycles. The first-order valence-corrected chi connectivity index (χ1v) is 51.8. The van der Waals surface area contributed by atoms with Crippen molar-refractivity contribution in [3.8, 4) is 0 Å². The smallest absolute Gasteiger partial charge is 0.326 e. The SMILES string of the molecule is CC[C@H](C)[C@H](N)C(=O)N[C@@H](CCC(=O)O)C(=O)N[C@H](C(=O)N[C@@H](CCCCN)C(=O)N[C@H](C(=O)N[C@@H](CCC(=O)O)C(=O)N[C@H](C(=O)N[C@@H](CCCCN)C(=O)N[C@H](C(=O)N[C@@H](CCC(=O)O)C(=O)N[C@H](C(=O)N[C@@H](CCCCN)C(=O)N[C@H](C(=O)N[C@@H](CCC(=O)O)C(=O)N[C@H](C(=O)N[C@@H](CCCCN)C(=O)N[C@H](C(=O)O)[C@@H](C)CC)[C@@H](C)CC)[C@@H](C)CC)[C@@H](C)CC)[C@@H](C)CC)[C@@H](C)CC)[C@@H](C)CC)[C@@H](C)CC. The van der Waals surface area contributed by atoms with E-state index in [1.807, 2.05) is 0 Å². The molecule has 0 saturated heterocycles. The molecule has 0 unspecified atom stereocenters. The largest absolute Gasteiger partial charge is 0.481 e. The number of unbranched alkanes of at least 4 members (excludes halogenated alkanes) is 4. The number of rotatable bonds is 79. The Kier molecular flexibility index (Phi) is 66.4. The Hall–Kier alpha value is -11.3. The van der Waals surface area contributed by atoms with E-state index in [0.29, 0.717) is 44.9 Å². The Bertz CT molecular complexity index is 4100. The van der Waals surface area contributed by atoms with Gasteiger partial charge in [-0.3, -0.25) is 95.9 Å². The van der Waals surface area contributed by atoms with Gasteiger partial charge >= 0.3 is 29.8 Å². The van der Waals surface area contributed by atoms with Crippen molar-refractivity contribution in [2.45, 2.75) is 414 Å². The third-order valence-corrected chi connectivity index (χ3v) is 27.3. The quantitative estimate of drug-likeness (QED) is 0.0370. The molecule has 145 heavy (non-hydrogen) atoms. The normalized spacial score (nSPS) is 16.7. The van der Waals surface area contributed by atoms with Gasteiger partial charge in [0.1, 0.15) is 96.7 Å². The standard InChI is InChI=1S/C98H177N21O26/c1-19-52(10)73(103)90(136)104-65(40-44-69(120)121)86(132)115-74(53(11)20-2)91(137)105-61(36-28-32-48-99)82(128)112-78(57(15)24-6)95(141)109-66(41-45-70(122)123)87(133)116-75(54(12)21-3)92(138)106-62(37-29-33-49-100)83(129)113-79(58(16)25-7)96(142)110-67(42-46-71(124)125)88(134)117-76(55(13)22-4)93(139)107-63(38-30-34-50-101)84(130)114-80(59(17)26-8)97(143)111-68(43-47-72(126)127)89(135)118-77(56(14)23-5)94(140)108-64(39-31-35-51-102)85(131)119-81(98(144)145)60(18)27-9/h52-68,73-81H,19-51,99-103H2,1-18H3,(H,104,136)(H,105,137)(H,106,138)(H,107,139)(H,108,140)(H,109,141)(H,110,142)(H,111,143)(H,112,128)(H,113,129)(H,114,130)(H,115,132)(H,116,133)(H,117,134)(H,118,135)(H,119,131)(H,120,121)(H,122,123)(H,124,125)(H,126,127)(H,144,145)/t52-,53-,54-,55-,56-,57-,58-,59-,60-,61-,62-,63-,64-,65-,66-,67-,68-,73-,74-,75-,76-,77-,78-,79-,80-,81-/m0/s1. The number of aliphatic carboxylic acids is 5. The number of nitrogens with one attached hydrogen (secondary N) is 16. The molecule has 0 fully saturated rings. The maximum absolute atomic E-state index is 15.0. The van der Waals surface area contributed by atoms with Crippen LogP contribution in [-0.4, -0.2) is 279 Å². The van der Waals surface area contributed by atoms with Crippen LogP contribution in [0.3, 0.4) is 0 Å². The van der Waals surface area contributed by atoms with Gasteiger partial charge in [-0.2, -0.15) is 0 Å². The van der Waals surface area contributed by atoms with Crippen LogP contribution in [-0.2, 0) is 101 Å². The molecule has 16 amide bonds. The zero-order valence-corrected chi connectivity index (χ0v) is 88.5. The minimum atomic E-state index is -1.77. The molecule has 0 aliphatic rings. The van der Waals surface area contributed by atoms with E-state index in [-0.39, 0.29) is 128 Å². The predicted molar refractivity (Wildman–Crippen MR) is 541 cm³/mol. The van der Waals surface area contributed by atoms with Gasteiger partial charge in [0.05, 0.1) is 6.04 Å². The van der Waals surface area contributed by atoms with E-state index >= 15 is 0 Å². The maximum Gasteiger partial charge on any atom is 0.326 e. The van der Waals surface area contributed by atoms with Crippen LogP contribution in [0.25, 0.3) is 0 Å². The molecule has 0 rings (SSSR count). The highest BCUT2D eigenvalue weighted by Gasteiger charge is 2.44. The fourth-order valence-corrected chi connectivity index (χ4v) is 15.4. The van der Waals surface area contributed by atoms with Crippen LogP contribution in [0.5, 0.6) is 0 Å². The van der Waals surface area contributed by atoms with Crippen molar-refractivity contribution in [3.05, 3.63) is 0 Å². The van der Waals surface area contributed by atoms with E-state index in [9.17, 15) is 126 Å². The second-order valence-corrected chi connectivity index (χ2v) is 38.6. The van der Waals surface area contributed by atoms with Gasteiger partial charge in [0.2, 0.25) is 94.5 Å². The third kappa shape index (κ3) is 49.2. The first kappa shape index (κ1) is 134. The number of hydrogen-bond donors (Lipinski definition) is 26. The molecule has 47 heteroatoms. The molecule has 47 nitrogen and oxygen atoms in total. The van der Waals surface area contributed by atoms with Gasteiger partial charge in [0, 0.05) is 25.7 Å². The number of carboxylic acids is 5. The third-order valence-electron chi connectivity index (χ3n) is 27.3. The minimum absolute atomic E-state index is 0.0251. The van der Waals surface area contributed by atoms with Crippen molar-refractivity contribution in [2.75, 3.05) is 26.2 Å². The van der Waals surface area contributed by atoms with Gasteiger partial charge < -0.3 is 139 Å². The number of carboxylic acid groups (broad SMARTS) is 5. The van der Waals surface area contributed by atoms with Gasteiger partial charge in [-0.05, 0) is 182 Å². The summed E-state index contributed by atoms with van der Waals surface area (Å²) in [7, 11) is 0. The molecule has 0 bridgehead atoms. The fraction of sp³-hybridized carbons (Fsp3) is 0.786. The van der Waals surface area contributed by atoms with E-state index in [1.54, 1.807) is 125 Å². The van der Waals surface area contributed by atoms with Crippen LogP contribution >= 0.6 is 0 Å². The first-order chi connectivity index (χ1) is 68.3. The molecule has 0 spiro atoms. The van der Waals surface area contributed by atoms with Crippen LogP contribution in [0.15, 0.2) is 0 Å². The van der Waals surface area contributed by atoms with Crippen LogP contribution < -0.4 is 114 Å². The summed E-state index contributed by atoms with van der Waals surface area (Å²) in [5.74, 6) is -27.8. The van der Waals surface area contributed by atoms with E-state index in [4.69, 9.17) is 28.7 Å². The Labute approximate surface area is 853 Å². The Morgan fingerprint density at radius 3 is 0.462 bits per heavy atom. The highest BCUT2D eigenvalue weighted by molar-refractivity contribution is 6.02. The van der Waals surface area contributed by atoms with Crippen LogP contribution in [0.2, 0.25) is 0 Å². The van der Waals surface area contributed by atoms with Crippen molar-refractivity contribution >= 4 is 124 Å². The number of carbonyl (C=O) groups is 21. The molecule has 0 heterocycles. The molecule has 0 radical (unpaired) electrons. The van der Waals surface area contributed by atoms with Gasteiger partial charge in [-0.25, -0.2) is 4.79 Å². The van der Waals surface area contributed by atoms with Crippen LogP contribution in [0.1, 0.15) is 311 Å². The minimum Gasteiger partial charge on any atom is -0.481 e. The van der Waals surface area contributed by atoms with Gasteiger partial charge in [0.15, 0.2) is 0 Å². The lowest BCUT2D eigenvalue weighted by atomic mass is 9.95. The van der Waals surface area contributed by atoms with Gasteiger partial charge in [-0.1, -0.05) is 182 Å². The van der Waals surface area contributed by atoms with Crippen molar-refractivity contribution < 1.29 is 126 Å².